The van der Waals surface area contributed by atoms with Crippen LogP contribution in [0.4, 0.5) is 10.1 Å². The highest BCUT2D eigenvalue weighted by Gasteiger charge is 2.42. The second-order valence-electron chi connectivity index (χ2n) is 5.62. The molecule has 0 radical (unpaired) electrons. The molecule has 1 aliphatic rings. The lowest BCUT2D eigenvalue weighted by Crippen LogP contribution is -2.37. The zero-order valence-electron chi connectivity index (χ0n) is 11.8. The normalized spacial score (nSPS) is 16.6. The van der Waals surface area contributed by atoms with Gasteiger partial charge in [-0.25, -0.2) is 4.39 Å². The van der Waals surface area contributed by atoms with Crippen LogP contribution in [0.25, 0.3) is 0 Å². The van der Waals surface area contributed by atoms with Gasteiger partial charge in [-0.1, -0.05) is 49.2 Å². The molecule has 0 aliphatic heterocycles. The van der Waals surface area contributed by atoms with Gasteiger partial charge in [0, 0.05) is 5.69 Å². The van der Waals surface area contributed by atoms with Crippen LogP contribution in [0.2, 0.25) is 0 Å². The number of nitrogens with one attached hydrogen (secondary N) is 1. The molecule has 21 heavy (non-hydrogen) atoms. The van der Waals surface area contributed by atoms with Crippen LogP contribution < -0.4 is 5.32 Å². The van der Waals surface area contributed by atoms with E-state index < -0.39 is 5.41 Å². The molecule has 0 heterocycles. The van der Waals surface area contributed by atoms with Gasteiger partial charge in [0.1, 0.15) is 5.82 Å². The maximum absolute atomic E-state index is 13.3. The van der Waals surface area contributed by atoms with E-state index in [2.05, 4.69) is 5.32 Å². The molecule has 1 amide bonds. The van der Waals surface area contributed by atoms with Gasteiger partial charge in [-0.2, -0.15) is 0 Å². The van der Waals surface area contributed by atoms with E-state index in [1.165, 1.54) is 12.1 Å². The Morgan fingerprint density at radius 3 is 2.38 bits per heavy atom. The van der Waals surface area contributed by atoms with Crippen molar-refractivity contribution in [2.75, 3.05) is 5.32 Å². The Morgan fingerprint density at radius 1 is 1.00 bits per heavy atom. The van der Waals surface area contributed by atoms with Gasteiger partial charge in [0.2, 0.25) is 5.91 Å². The molecular formula is C18H18FNO. The summed E-state index contributed by atoms with van der Waals surface area (Å²) in [5, 5.41) is 2.89. The Morgan fingerprint density at radius 2 is 1.71 bits per heavy atom. The van der Waals surface area contributed by atoms with Crippen LogP contribution in [0.5, 0.6) is 0 Å². The molecule has 108 valence electrons. The Hall–Kier alpha value is -2.16. The second-order valence-corrected chi connectivity index (χ2v) is 5.62. The van der Waals surface area contributed by atoms with Gasteiger partial charge >= 0.3 is 0 Å². The molecule has 3 heteroatoms. The average molecular weight is 283 g/mol. The summed E-state index contributed by atoms with van der Waals surface area (Å²) in [7, 11) is 0. The maximum atomic E-state index is 13.3. The number of hydrogen-bond donors (Lipinski definition) is 1. The second kappa shape index (κ2) is 5.68. The van der Waals surface area contributed by atoms with E-state index in [0.717, 1.165) is 31.2 Å². The average Bonchev–Trinajstić information content (AvgIpc) is 2.99. The summed E-state index contributed by atoms with van der Waals surface area (Å²) in [5.41, 5.74) is 1.09. The van der Waals surface area contributed by atoms with Crippen molar-refractivity contribution in [1.82, 2.24) is 0 Å². The van der Waals surface area contributed by atoms with Crippen molar-refractivity contribution in [3.8, 4) is 0 Å². The van der Waals surface area contributed by atoms with Crippen molar-refractivity contribution < 1.29 is 9.18 Å². The Bertz CT molecular complexity index is 633. The number of amides is 1. The largest absolute Gasteiger partial charge is 0.325 e. The summed E-state index contributed by atoms with van der Waals surface area (Å²) in [5.74, 6) is -0.371. The topological polar surface area (TPSA) is 29.1 Å². The lowest BCUT2D eigenvalue weighted by atomic mass is 9.78. The first-order valence-corrected chi connectivity index (χ1v) is 7.33. The highest BCUT2D eigenvalue weighted by Crippen LogP contribution is 2.42. The maximum Gasteiger partial charge on any atom is 0.235 e. The van der Waals surface area contributed by atoms with E-state index in [4.69, 9.17) is 0 Å². The van der Waals surface area contributed by atoms with Crippen LogP contribution in [0.3, 0.4) is 0 Å². The highest BCUT2D eigenvalue weighted by molar-refractivity contribution is 5.99. The molecule has 0 spiro atoms. The highest BCUT2D eigenvalue weighted by atomic mass is 19.1. The lowest BCUT2D eigenvalue weighted by molar-refractivity contribution is -0.121. The number of rotatable bonds is 3. The van der Waals surface area contributed by atoms with E-state index in [0.29, 0.717) is 5.69 Å². The number of carbonyl (C=O) groups is 1. The zero-order chi connectivity index (χ0) is 14.7. The first-order chi connectivity index (χ1) is 10.2. The predicted octanol–water partition coefficient (Wildman–Crippen LogP) is 4.28. The van der Waals surface area contributed by atoms with Gasteiger partial charge in [-0.15, -0.1) is 0 Å². The third-order valence-corrected chi connectivity index (χ3v) is 4.30. The van der Waals surface area contributed by atoms with Crippen LogP contribution >= 0.6 is 0 Å². The van der Waals surface area contributed by atoms with Gasteiger partial charge in [-0.05, 0) is 36.6 Å². The number of hydrogen-bond acceptors (Lipinski definition) is 1. The minimum Gasteiger partial charge on any atom is -0.325 e. The van der Waals surface area contributed by atoms with E-state index in [-0.39, 0.29) is 11.7 Å². The van der Waals surface area contributed by atoms with Crippen LogP contribution in [0.1, 0.15) is 31.2 Å². The first-order valence-electron chi connectivity index (χ1n) is 7.33. The third kappa shape index (κ3) is 2.68. The van der Waals surface area contributed by atoms with E-state index in [1.54, 1.807) is 12.1 Å². The summed E-state index contributed by atoms with van der Waals surface area (Å²) in [6, 6.07) is 16.0. The van der Waals surface area contributed by atoms with Crippen LogP contribution in [0.15, 0.2) is 54.6 Å². The molecule has 0 unspecified atom stereocenters. The van der Waals surface area contributed by atoms with Crippen molar-refractivity contribution in [3.05, 3.63) is 66.0 Å². The molecule has 0 saturated heterocycles. The molecule has 2 aromatic rings. The monoisotopic (exact) mass is 283 g/mol. The van der Waals surface area contributed by atoms with Crippen molar-refractivity contribution in [2.45, 2.75) is 31.1 Å². The molecule has 2 nitrogen and oxygen atoms in total. The zero-order valence-corrected chi connectivity index (χ0v) is 11.8. The molecule has 1 fully saturated rings. The van der Waals surface area contributed by atoms with Gasteiger partial charge in [0.25, 0.3) is 0 Å². The standard InChI is InChI=1S/C18H18FNO/c19-15-9-6-10-16(13-15)20-17(21)18(11-4-5-12-18)14-7-2-1-3-8-14/h1-3,6-10,13H,4-5,11-12H2,(H,20,21). The Balaban J connectivity index is 1.89. The van der Waals surface area contributed by atoms with Crippen molar-refractivity contribution in [3.63, 3.8) is 0 Å². The van der Waals surface area contributed by atoms with Crippen LogP contribution in [0, 0.1) is 5.82 Å². The Kier molecular flexibility index (Phi) is 3.74. The minimum absolute atomic E-state index is 0.0307. The van der Waals surface area contributed by atoms with Crippen LogP contribution in [-0.2, 0) is 10.2 Å². The summed E-state index contributed by atoms with van der Waals surface area (Å²) < 4.78 is 13.3. The van der Waals surface area contributed by atoms with E-state index >= 15 is 0 Å². The summed E-state index contributed by atoms with van der Waals surface area (Å²) in [6.07, 6.45) is 3.78. The fraction of sp³-hybridized carbons (Fsp3) is 0.278. The van der Waals surface area contributed by atoms with E-state index in [1.807, 2.05) is 30.3 Å². The Labute approximate surface area is 124 Å². The van der Waals surface area contributed by atoms with Gasteiger partial charge in [0.05, 0.1) is 5.41 Å². The third-order valence-electron chi connectivity index (χ3n) is 4.30. The van der Waals surface area contributed by atoms with Crippen LogP contribution in [-0.4, -0.2) is 5.91 Å². The van der Waals surface area contributed by atoms with Crippen molar-refractivity contribution >= 4 is 11.6 Å². The molecule has 3 rings (SSSR count). The van der Waals surface area contributed by atoms with Gasteiger partial charge in [0.15, 0.2) is 0 Å². The lowest BCUT2D eigenvalue weighted by Gasteiger charge is -2.28. The SMILES string of the molecule is O=C(Nc1cccc(F)c1)C1(c2ccccc2)CCCC1. The number of carbonyl (C=O) groups excluding carboxylic acids is 1. The molecule has 1 aliphatic carbocycles. The fourth-order valence-electron chi connectivity index (χ4n) is 3.20. The van der Waals surface area contributed by atoms with E-state index in [9.17, 15) is 9.18 Å². The predicted molar refractivity (Wildman–Crippen MR) is 81.6 cm³/mol. The summed E-state index contributed by atoms with van der Waals surface area (Å²) >= 11 is 0. The first kappa shape index (κ1) is 13.8. The number of halogens is 1. The quantitative estimate of drug-likeness (QED) is 0.895. The van der Waals surface area contributed by atoms with Crippen molar-refractivity contribution in [1.29, 1.82) is 0 Å². The molecule has 1 N–H and O–H groups in total. The summed E-state index contributed by atoms with van der Waals surface area (Å²) in [4.78, 5) is 12.8. The molecule has 2 aromatic carbocycles. The molecular weight excluding hydrogens is 265 g/mol. The summed E-state index contributed by atoms with van der Waals surface area (Å²) in [6.45, 7) is 0. The minimum atomic E-state index is -0.479. The molecule has 0 bridgehead atoms. The molecule has 0 atom stereocenters. The van der Waals surface area contributed by atoms with Gasteiger partial charge in [-0.3, -0.25) is 4.79 Å². The number of anilines is 1. The van der Waals surface area contributed by atoms with Crippen molar-refractivity contribution in [2.24, 2.45) is 0 Å². The molecule has 0 aromatic heterocycles. The van der Waals surface area contributed by atoms with Gasteiger partial charge < -0.3 is 5.32 Å². The fourth-order valence-corrected chi connectivity index (χ4v) is 3.20. The number of benzene rings is 2. The molecule has 1 saturated carbocycles. The smallest absolute Gasteiger partial charge is 0.235 e.